The van der Waals surface area contributed by atoms with Gasteiger partial charge in [-0.05, 0) is 36.1 Å². The van der Waals surface area contributed by atoms with Gasteiger partial charge in [0.25, 0.3) is 0 Å². The molecule has 1 N–H and O–H groups in total. The van der Waals surface area contributed by atoms with E-state index in [0.29, 0.717) is 12.1 Å². The summed E-state index contributed by atoms with van der Waals surface area (Å²) in [6, 6.07) is 15.5. The Balaban J connectivity index is 1.75. The molecule has 0 amide bonds. The first-order chi connectivity index (χ1) is 9.34. The van der Waals surface area contributed by atoms with Crippen LogP contribution >= 0.6 is 0 Å². The number of nitrogens with one attached hydrogen (secondary N) is 1. The Morgan fingerprint density at radius 2 is 2.05 bits per heavy atom. The van der Waals surface area contributed by atoms with Crippen molar-refractivity contribution < 1.29 is 4.74 Å². The molecule has 1 fully saturated rings. The lowest BCUT2D eigenvalue weighted by Crippen LogP contribution is -2.28. The minimum Gasteiger partial charge on any atom is -0.377 e. The third kappa shape index (κ3) is 2.80. The van der Waals surface area contributed by atoms with E-state index in [1.54, 1.807) is 0 Å². The molecule has 2 aromatic rings. The molecule has 0 aromatic heterocycles. The molecule has 2 aromatic carbocycles. The van der Waals surface area contributed by atoms with Crippen LogP contribution in [0.2, 0.25) is 0 Å². The summed E-state index contributed by atoms with van der Waals surface area (Å²) in [5.74, 6) is 0. The largest absolute Gasteiger partial charge is 0.377 e. The van der Waals surface area contributed by atoms with Crippen LogP contribution in [0.3, 0.4) is 0 Å². The Kier molecular flexibility index (Phi) is 3.81. The molecular formula is C17H21NO. The number of hydrogen-bond acceptors (Lipinski definition) is 2. The van der Waals surface area contributed by atoms with Gasteiger partial charge in [-0.25, -0.2) is 0 Å². The van der Waals surface area contributed by atoms with Crippen LogP contribution in [0.4, 0.5) is 0 Å². The molecule has 0 spiro atoms. The van der Waals surface area contributed by atoms with Crippen molar-refractivity contribution in [2.75, 3.05) is 13.2 Å². The molecule has 1 aliphatic heterocycles. The lowest BCUT2D eigenvalue weighted by Gasteiger charge is -2.19. The maximum absolute atomic E-state index is 5.66. The molecule has 0 aliphatic carbocycles. The van der Waals surface area contributed by atoms with Crippen LogP contribution in [0.1, 0.15) is 31.4 Å². The van der Waals surface area contributed by atoms with E-state index in [-0.39, 0.29) is 0 Å². The van der Waals surface area contributed by atoms with Gasteiger partial charge in [0.1, 0.15) is 0 Å². The summed E-state index contributed by atoms with van der Waals surface area (Å²) in [4.78, 5) is 0. The smallest absolute Gasteiger partial charge is 0.0700 e. The molecular weight excluding hydrogens is 234 g/mol. The lowest BCUT2D eigenvalue weighted by atomic mass is 9.99. The van der Waals surface area contributed by atoms with Gasteiger partial charge in [0.15, 0.2) is 0 Å². The molecule has 2 nitrogen and oxygen atoms in total. The second-order valence-corrected chi connectivity index (χ2v) is 5.33. The standard InChI is InChI=1S/C17H21NO/c1-13(18-12-15-8-5-11-19-15)16-10-4-7-14-6-2-3-9-17(14)16/h2-4,6-7,9-10,13,15,18H,5,8,11-12H2,1H3. The van der Waals surface area contributed by atoms with E-state index in [4.69, 9.17) is 4.74 Å². The van der Waals surface area contributed by atoms with Gasteiger partial charge < -0.3 is 10.1 Å². The van der Waals surface area contributed by atoms with Crippen LogP contribution in [0.15, 0.2) is 42.5 Å². The maximum Gasteiger partial charge on any atom is 0.0700 e. The fourth-order valence-corrected chi connectivity index (χ4v) is 2.85. The molecule has 1 saturated heterocycles. The number of hydrogen-bond donors (Lipinski definition) is 1. The molecule has 0 bridgehead atoms. The van der Waals surface area contributed by atoms with Crippen molar-refractivity contribution in [2.24, 2.45) is 0 Å². The molecule has 2 atom stereocenters. The van der Waals surface area contributed by atoms with Crippen LogP contribution in [0.5, 0.6) is 0 Å². The first-order valence-corrected chi connectivity index (χ1v) is 7.17. The predicted octanol–water partition coefficient (Wildman–Crippen LogP) is 3.67. The first-order valence-electron chi connectivity index (χ1n) is 7.17. The number of fused-ring (bicyclic) bond motifs is 1. The van der Waals surface area contributed by atoms with Crippen molar-refractivity contribution in [3.05, 3.63) is 48.0 Å². The Bertz CT molecular complexity index is 540. The third-order valence-corrected chi connectivity index (χ3v) is 3.97. The Morgan fingerprint density at radius 1 is 1.21 bits per heavy atom. The molecule has 1 heterocycles. The summed E-state index contributed by atoms with van der Waals surface area (Å²) in [5, 5.41) is 6.26. The van der Waals surface area contributed by atoms with Gasteiger partial charge in [-0.15, -0.1) is 0 Å². The van der Waals surface area contributed by atoms with Gasteiger partial charge in [-0.1, -0.05) is 42.5 Å². The zero-order valence-electron chi connectivity index (χ0n) is 11.4. The summed E-state index contributed by atoms with van der Waals surface area (Å²) < 4.78 is 5.66. The Hall–Kier alpha value is -1.38. The molecule has 0 radical (unpaired) electrons. The summed E-state index contributed by atoms with van der Waals surface area (Å²) in [6.07, 6.45) is 2.79. The zero-order valence-corrected chi connectivity index (χ0v) is 11.4. The molecule has 100 valence electrons. The molecule has 0 saturated carbocycles. The summed E-state index contributed by atoms with van der Waals surface area (Å²) in [6.45, 7) is 4.11. The van der Waals surface area contributed by atoms with Crippen molar-refractivity contribution in [1.82, 2.24) is 5.32 Å². The number of benzene rings is 2. The van der Waals surface area contributed by atoms with Crippen LogP contribution in [-0.4, -0.2) is 19.3 Å². The maximum atomic E-state index is 5.66. The van der Waals surface area contributed by atoms with E-state index in [0.717, 1.165) is 13.2 Å². The van der Waals surface area contributed by atoms with Crippen LogP contribution < -0.4 is 5.32 Å². The van der Waals surface area contributed by atoms with E-state index in [1.165, 1.54) is 29.2 Å². The van der Waals surface area contributed by atoms with E-state index >= 15 is 0 Å². The number of rotatable bonds is 4. The second kappa shape index (κ2) is 5.72. The highest BCUT2D eigenvalue weighted by molar-refractivity contribution is 5.86. The molecule has 3 rings (SSSR count). The van der Waals surface area contributed by atoms with Crippen molar-refractivity contribution in [3.63, 3.8) is 0 Å². The quantitative estimate of drug-likeness (QED) is 0.900. The Morgan fingerprint density at radius 3 is 2.89 bits per heavy atom. The highest BCUT2D eigenvalue weighted by Gasteiger charge is 2.17. The average Bonchev–Trinajstić information content (AvgIpc) is 2.97. The van der Waals surface area contributed by atoms with Crippen LogP contribution in [0.25, 0.3) is 10.8 Å². The highest BCUT2D eigenvalue weighted by Crippen LogP contribution is 2.24. The van der Waals surface area contributed by atoms with Gasteiger partial charge in [0, 0.05) is 19.2 Å². The van der Waals surface area contributed by atoms with Crippen molar-refractivity contribution >= 4 is 10.8 Å². The molecule has 2 unspecified atom stereocenters. The summed E-state index contributed by atoms with van der Waals surface area (Å²) >= 11 is 0. The second-order valence-electron chi connectivity index (χ2n) is 5.33. The summed E-state index contributed by atoms with van der Waals surface area (Å²) in [7, 11) is 0. The molecule has 2 heteroatoms. The highest BCUT2D eigenvalue weighted by atomic mass is 16.5. The van der Waals surface area contributed by atoms with Gasteiger partial charge in [0.2, 0.25) is 0 Å². The Labute approximate surface area is 114 Å². The lowest BCUT2D eigenvalue weighted by molar-refractivity contribution is 0.108. The van der Waals surface area contributed by atoms with E-state index in [2.05, 4.69) is 54.7 Å². The minimum atomic E-state index is 0.357. The van der Waals surface area contributed by atoms with E-state index in [9.17, 15) is 0 Å². The molecule has 19 heavy (non-hydrogen) atoms. The van der Waals surface area contributed by atoms with Crippen molar-refractivity contribution in [1.29, 1.82) is 0 Å². The fraction of sp³-hybridized carbons (Fsp3) is 0.412. The van der Waals surface area contributed by atoms with Crippen molar-refractivity contribution in [2.45, 2.75) is 31.9 Å². The van der Waals surface area contributed by atoms with Gasteiger partial charge in [0.05, 0.1) is 6.10 Å². The monoisotopic (exact) mass is 255 g/mol. The van der Waals surface area contributed by atoms with Gasteiger partial charge in [-0.2, -0.15) is 0 Å². The molecule has 1 aliphatic rings. The first kappa shape index (κ1) is 12.6. The predicted molar refractivity (Wildman–Crippen MR) is 79.3 cm³/mol. The number of ether oxygens (including phenoxy) is 1. The van der Waals surface area contributed by atoms with Gasteiger partial charge >= 0.3 is 0 Å². The van der Waals surface area contributed by atoms with E-state index < -0.39 is 0 Å². The van der Waals surface area contributed by atoms with Crippen LogP contribution in [-0.2, 0) is 4.74 Å². The van der Waals surface area contributed by atoms with E-state index in [1.807, 2.05) is 0 Å². The summed E-state index contributed by atoms with van der Waals surface area (Å²) in [5.41, 5.74) is 1.37. The third-order valence-electron chi connectivity index (χ3n) is 3.97. The minimum absolute atomic E-state index is 0.357. The van der Waals surface area contributed by atoms with Crippen molar-refractivity contribution in [3.8, 4) is 0 Å². The topological polar surface area (TPSA) is 21.3 Å². The SMILES string of the molecule is CC(NCC1CCCO1)c1cccc2ccccc12. The average molecular weight is 255 g/mol. The van der Waals surface area contributed by atoms with Gasteiger partial charge in [-0.3, -0.25) is 0 Å². The fourth-order valence-electron chi connectivity index (χ4n) is 2.85. The zero-order chi connectivity index (χ0) is 13.1. The normalized spacial score (nSPS) is 20.8. The van der Waals surface area contributed by atoms with Crippen LogP contribution in [0, 0.1) is 0 Å².